The fourth-order valence-corrected chi connectivity index (χ4v) is 1.92. The van der Waals surface area contributed by atoms with Gasteiger partial charge in [0.2, 0.25) is 0 Å². The molecule has 0 heterocycles. The summed E-state index contributed by atoms with van der Waals surface area (Å²) in [6, 6.07) is 14.8. The van der Waals surface area contributed by atoms with Gasteiger partial charge in [-0.15, -0.1) is 0 Å². The molecule has 21 heavy (non-hydrogen) atoms. The zero-order valence-electron chi connectivity index (χ0n) is 11.4. The van der Waals surface area contributed by atoms with Crippen LogP contribution in [0.2, 0.25) is 0 Å². The first-order chi connectivity index (χ1) is 10.1. The fraction of sp³-hybridized carbons (Fsp3) is 0.133. The lowest BCUT2D eigenvalue weighted by atomic mass is 10.1. The first-order valence-corrected chi connectivity index (χ1v) is 6.44. The number of carbonyl (C=O) groups excluding carboxylic acids is 1. The SMILES string of the molecule is CC(NC(=O)Nc1ccccc1[N+](=O)[O-])c1ccccc1. The minimum atomic E-state index is -0.532. The lowest BCUT2D eigenvalue weighted by molar-refractivity contribution is -0.383. The number of carbonyl (C=O) groups is 1. The molecule has 2 N–H and O–H groups in total. The predicted octanol–water partition coefficient (Wildman–Crippen LogP) is 3.48. The Labute approximate surface area is 121 Å². The fourth-order valence-electron chi connectivity index (χ4n) is 1.92. The number of benzene rings is 2. The number of hydrogen-bond acceptors (Lipinski definition) is 3. The number of nitrogens with one attached hydrogen (secondary N) is 2. The summed E-state index contributed by atoms with van der Waals surface area (Å²) in [5, 5.41) is 16.1. The molecule has 0 saturated heterocycles. The van der Waals surface area contributed by atoms with Crippen LogP contribution in [-0.2, 0) is 0 Å². The number of para-hydroxylation sites is 2. The largest absolute Gasteiger partial charge is 0.331 e. The van der Waals surface area contributed by atoms with Gasteiger partial charge in [0.1, 0.15) is 5.69 Å². The molecule has 0 fully saturated rings. The van der Waals surface area contributed by atoms with Crippen LogP contribution in [0.4, 0.5) is 16.2 Å². The zero-order valence-corrected chi connectivity index (χ0v) is 11.4. The van der Waals surface area contributed by atoms with E-state index in [2.05, 4.69) is 10.6 Å². The van der Waals surface area contributed by atoms with E-state index in [1.165, 1.54) is 12.1 Å². The highest BCUT2D eigenvalue weighted by atomic mass is 16.6. The first-order valence-electron chi connectivity index (χ1n) is 6.44. The molecule has 2 rings (SSSR count). The molecule has 0 spiro atoms. The molecular formula is C15H15N3O3. The second kappa shape index (κ2) is 6.51. The van der Waals surface area contributed by atoms with E-state index >= 15 is 0 Å². The summed E-state index contributed by atoms with van der Waals surface area (Å²) in [5.74, 6) is 0. The van der Waals surface area contributed by atoms with Crippen LogP contribution in [0.5, 0.6) is 0 Å². The van der Waals surface area contributed by atoms with Gasteiger partial charge >= 0.3 is 6.03 Å². The highest BCUT2D eigenvalue weighted by Crippen LogP contribution is 2.23. The quantitative estimate of drug-likeness (QED) is 0.666. The maximum Gasteiger partial charge on any atom is 0.319 e. The minimum Gasteiger partial charge on any atom is -0.331 e. The van der Waals surface area contributed by atoms with Gasteiger partial charge < -0.3 is 10.6 Å². The highest BCUT2D eigenvalue weighted by Gasteiger charge is 2.16. The Hall–Kier alpha value is -2.89. The van der Waals surface area contributed by atoms with E-state index in [0.717, 1.165) is 5.56 Å². The van der Waals surface area contributed by atoms with Gasteiger partial charge in [0.05, 0.1) is 11.0 Å². The number of urea groups is 1. The minimum absolute atomic E-state index is 0.139. The molecule has 1 atom stereocenters. The monoisotopic (exact) mass is 285 g/mol. The molecule has 6 heteroatoms. The van der Waals surface area contributed by atoms with Gasteiger partial charge in [-0.2, -0.15) is 0 Å². The van der Waals surface area contributed by atoms with Crippen molar-refractivity contribution >= 4 is 17.4 Å². The summed E-state index contributed by atoms with van der Waals surface area (Å²) in [6.07, 6.45) is 0. The van der Waals surface area contributed by atoms with Crippen molar-refractivity contribution in [2.24, 2.45) is 0 Å². The first kappa shape index (κ1) is 14.5. The lowest BCUT2D eigenvalue weighted by Crippen LogP contribution is -2.31. The highest BCUT2D eigenvalue weighted by molar-refractivity contribution is 5.91. The zero-order chi connectivity index (χ0) is 15.2. The molecule has 2 aromatic carbocycles. The van der Waals surface area contributed by atoms with Crippen molar-refractivity contribution in [3.8, 4) is 0 Å². The second-order valence-corrected chi connectivity index (χ2v) is 4.51. The van der Waals surface area contributed by atoms with Crippen molar-refractivity contribution < 1.29 is 9.72 Å². The molecule has 0 saturated carbocycles. The summed E-state index contributed by atoms with van der Waals surface area (Å²) in [7, 11) is 0. The number of nitro benzene ring substituents is 1. The van der Waals surface area contributed by atoms with Crippen LogP contribution in [0.3, 0.4) is 0 Å². The molecule has 2 amide bonds. The third-order valence-corrected chi connectivity index (χ3v) is 3.00. The molecule has 1 unspecified atom stereocenters. The lowest BCUT2D eigenvalue weighted by Gasteiger charge is -2.15. The molecule has 6 nitrogen and oxygen atoms in total. The van der Waals surface area contributed by atoms with Gasteiger partial charge in [-0.3, -0.25) is 10.1 Å². The van der Waals surface area contributed by atoms with Crippen molar-refractivity contribution in [2.75, 3.05) is 5.32 Å². The van der Waals surface area contributed by atoms with Crippen LogP contribution < -0.4 is 10.6 Å². The number of nitrogens with zero attached hydrogens (tertiary/aromatic N) is 1. The van der Waals surface area contributed by atoms with E-state index in [1.54, 1.807) is 12.1 Å². The van der Waals surface area contributed by atoms with Crippen molar-refractivity contribution in [1.82, 2.24) is 5.32 Å². The smallest absolute Gasteiger partial charge is 0.319 e. The summed E-state index contributed by atoms with van der Waals surface area (Å²) in [4.78, 5) is 22.3. The molecular weight excluding hydrogens is 270 g/mol. The average molecular weight is 285 g/mol. The van der Waals surface area contributed by atoms with Crippen LogP contribution in [-0.4, -0.2) is 11.0 Å². The van der Waals surface area contributed by atoms with Crippen LogP contribution in [0, 0.1) is 10.1 Å². The Morgan fingerprint density at radius 1 is 1.10 bits per heavy atom. The van der Waals surface area contributed by atoms with Gasteiger partial charge in [0.25, 0.3) is 5.69 Å². The average Bonchev–Trinajstić information content (AvgIpc) is 2.48. The Morgan fingerprint density at radius 3 is 2.38 bits per heavy atom. The molecule has 0 radical (unpaired) electrons. The standard InChI is InChI=1S/C15H15N3O3/c1-11(12-7-3-2-4-8-12)16-15(19)17-13-9-5-6-10-14(13)18(20)21/h2-11H,1H3,(H2,16,17,19). The van der Waals surface area contributed by atoms with E-state index in [1.807, 2.05) is 37.3 Å². The van der Waals surface area contributed by atoms with Crippen LogP contribution >= 0.6 is 0 Å². The van der Waals surface area contributed by atoms with Crippen LogP contribution in [0.25, 0.3) is 0 Å². The van der Waals surface area contributed by atoms with Crippen LogP contribution in [0.1, 0.15) is 18.5 Å². The Morgan fingerprint density at radius 2 is 1.71 bits per heavy atom. The number of anilines is 1. The Balaban J connectivity index is 2.04. The van der Waals surface area contributed by atoms with Crippen molar-refractivity contribution in [3.63, 3.8) is 0 Å². The molecule has 0 bridgehead atoms. The van der Waals surface area contributed by atoms with Gasteiger partial charge in [-0.25, -0.2) is 4.79 Å². The number of hydrogen-bond donors (Lipinski definition) is 2. The number of nitro groups is 1. The second-order valence-electron chi connectivity index (χ2n) is 4.51. The van der Waals surface area contributed by atoms with E-state index in [4.69, 9.17) is 0 Å². The van der Waals surface area contributed by atoms with Crippen molar-refractivity contribution in [3.05, 3.63) is 70.3 Å². The topological polar surface area (TPSA) is 84.3 Å². The van der Waals surface area contributed by atoms with Crippen LogP contribution in [0.15, 0.2) is 54.6 Å². The van der Waals surface area contributed by atoms with E-state index in [-0.39, 0.29) is 17.4 Å². The van der Waals surface area contributed by atoms with Crippen molar-refractivity contribution in [2.45, 2.75) is 13.0 Å². The molecule has 108 valence electrons. The third-order valence-electron chi connectivity index (χ3n) is 3.00. The maximum atomic E-state index is 11.9. The van der Waals surface area contributed by atoms with Gasteiger partial charge in [-0.1, -0.05) is 42.5 Å². The van der Waals surface area contributed by atoms with Gasteiger partial charge in [-0.05, 0) is 18.6 Å². The van der Waals surface area contributed by atoms with Gasteiger partial charge in [0.15, 0.2) is 0 Å². The summed E-state index contributed by atoms with van der Waals surface area (Å²) < 4.78 is 0. The number of rotatable bonds is 4. The molecule has 0 aliphatic rings. The molecule has 0 aliphatic heterocycles. The Bertz CT molecular complexity index is 644. The van der Waals surface area contributed by atoms with E-state index in [9.17, 15) is 14.9 Å². The van der Waals surface area contributed by atoms with Crippen molar-refractivity contribution in [1.29, 1.82) is 0 Å². The molecule has 2 aromatic rings. The Kier molecular flexibility index (Phi) is 4.50. The summed E-state index contributed by atoms with van der Waals surface area (Å²) in [5.41, 5.74) is 0.982. The van der Waals surface area contributed by atoms with E-state index < -0.39 is 11.0 Å². The normalized spacial score (nSPS) is 11.5. The molecule has 0 aromatic heterocycles. The van der Waals surface area contributed by atoms with Gasteiger partial charge in [0, 0.05) is 6.07 Å². The third kappa shape index (κ3) is 3.79. The predicted molar refractivity (Wildman–Crippen MR) is 80.1 cm³/mol. The molecule has 0 aliphatic carbocycles. The maximum absolute atomic E-state index is 11.9. The summed E-state index contributed by atoms with van der Waals surface area (Å²) >= 11 is 0. The van der Waals surface area contributed by atoms with E-state index in [0.29, 0.717) is 0 Å². The number of amides is 2. The summed E-state index contributed by atoms with van der Waals surface area (Å²) in [6.45, 7) is 1.84.